The van der Waals surface area contributed by atoms with Crippen LogP contribution in [0.1, 0.15) is 5.56 Å². The number of carbonyl (C=O) groups is 1. The van der Waals surface area contributed by atoms with E-state index < -0.39 is 16.1 Å². The van der Waals surface area contributed by atoms with E-state index in [1.54, 1.807) is 18.2 Å². The molecule has 0 spiro atoms. The lowest BCUT2D eigenvalue weighted by molar-refractivity contribution is 0.256. The molecule has 1 saturated heterocycles. The molecule has 10 nitrogen and oxygen atoms in total. The second-order valence-corrected chi connectivity index (χ2v) is 7.25. The Morgan fingerprint density at radius 3 is 2.44 bits per heavy atom. The van der Waals surface area contributed by atoms with Gasteiger partial charge in [-0.1, -0.05) is 18.2 Å². The van der Waals surface area contributed by atoms with E-state index in [4.69, 9.17) is 14.2 Å². The fourth-order valence-corrected chi connectivity index (χ4v) is 3.50. The number of amides is 2. The Kier molecular flexibility index (Phi) is 5.42. The summed E-state index contributed by atoms with van der Waals surface area (Å²) in [6.07, 6.45) is 0.461. The van der Waals surface area contributed by atoms with Gasteiger partial charge in [0.2, 0.25) is 17.7 Å². The lowest BCUT2D eigenvalue weighted by Gasteiger charge is -2.12. The second kappa shape index (κ2) is 7.76. The molecular weight excluding hydrogens is 376 g/mol. The number of nitrogens with zero attached hydrogens (tertiary/aromatic N) is 2. The molecule has 1 aliphatic heterocycles. The quantitative estimate of drug-likeness (QED) is 0.663. The standard InChI is InChI=1S/C16H18N4O6S/c1-24-13-8-14(25-2)18-15(17-13)19-16(21)20-27(22,23)12-6-4-3-5-10(12)7-11-9-26-11/h3-6,8,11H,7,9H2,1-2H3,(H2,17,18,19,20,21). The van der Waals surface area contributed by atoms with Gasteiger partial charge in [0.05, 0.1) is 37.9 Å². The van der Waals surface area contributed by atoms with E-state index in [0.29, 0.717) is 18.6 Å². The largest absolute Gasteiger partial charge is 0.481 e. The van der Waals surface area contributed by atoms with E-state index in [1.807, 2.05) is 4.72 Å². The maximum atomic E-state index is 12.6. The zero-order chi connectivity index (χ0) is 19.4. The lowest BCUT2D eigenvalue weighted by atomic mass is 10.1. The van der Waals surface area contributed by atoms with Crippen molar-refractivity contribution >= 4 is 22.0 Å². The summed E-state index contributed by atoms with van der Waals surface area (Å²) >= 11 is 0. The summed E-state index contributed by atoms with van der Waals surface area (Å²) in [6, 6.07) is 6.83. The number of hydrogen-bond acceptors (Lipinski definition) is 8. The number of methoxy groups -OCH3 is 2. The third-order valence-electron chi connectivity index (χ3n) is 3.66. The van der Waals surface area contributed by atoms with Crippen LogP contribution in [0.4, 0.5) is 10.7 Å². The summed E-state index contributed by atoms with van der Waals surface area (Å²) in [7, 11) is -1.32. The molecule has 1 aromatic heterocycles. The average Bonchev–Trinajstić information content (AvgIpc) is 3.45. The molecule has 0 bridgehead atoms. The molecule has 11 heteroatoms. The number of benzene rings is 1. The fraction of sp³-hybridized carbons (Fsp3) is 0.312. The summed E-state index contributed by atoms with van der Waals surface area (Å²) < 4.78 is 42.2. The molecule has 2 heterocycles. The zero-order valence-corrected chi connectivity index (χ0v) is 15.4. The minimum Gasteiger partial charge on any atom is -0.481 e. The molecule has 0 saturated carbocycles. The summed E-state index contributed by atoms with van der Waals surface area (Å²) in [5, 5.41) is 2.25. The number of aromatic nitrogens is 2. The minimum atomic E-state index is -4.10. The van der Waals surface area contributed by atoms with Crippen molar-refractivity contribution in [3.05, 3.63) is 35.9 Å². The Morgan fingerprint density at radius 1 is 1.22 bits per heavy atom. The van der Waals surface area contributed by atoms with E-state index in [-0.39, 0.29) is 28.7 Å². The molecule has 0 aliphatic carbocycles. The van der Waals surface area contributed by atoms with Crippen LogP contribution in [0.15, 0.2) is 35.2 Å². The predicted octanol–water partition coefficient (Wildman–Crippen LogP) is 0.945. The second-order valence-electron chi connectivity index (χ2n) is 5.60. The molecular formula is C16H18N4O6S. The van der Waals surface area contributed by atoms with Gasteiger partial charge >= 0.3 is 6.03 Å². The maximum Gasteiger partial charge on any atom is 0.335 e. The Hall–Kier alpha value is -2.92. The van der Waals surface area contributed by atoms with Crippen LogP contribution in [0.25, 0.3) is 0 Å². The molecule has 0 radical (unpaired) electrons. The van der Waals surface area contributed by atoms with Crippen molar-refractivity contribution in [3.63, 3.8) is 0 Å². The van der Waals surface area contributed by atoms with Crippen molar-refractivity contribution in [2.24, 2.45) is 0 Å². The molecule has 2 N–H and O–H groups in total. The van der Waals surface area contributed by atoms with Gasteiger partial charge < -0.3 is 14.2 Å². The first-order valence-electron chi connectivity index (χ1n) is 7.91. The van der Waals surface area contributed by atoms with Gasteiger partial charge in [0.15, 0.2) is 0 Å². The average molecular weight is 394 g/mol. The van der Waals surface area contributed by atoms with Crippen molar-refractivity contribution in [3.8, 4) is 11.8 Å². The number of sulfonamides is 1. The highest BCUT2D eigenvalue weighted by Gasteiger charge is 2.27. The Balaban J connectivity index is 1.75. The van der Waals surface area contributed by atoms with Crippen LogP contribution in [-0.2, 0) is 21.2 Å². The first-order valence-corrected chi connectivity index (χ1v) is 9.40. The van der Waals surface area contributed by atoms with Gasteiger partial charge in [0, 0.05) is 6.42 Å². The Labute approximate surface area is 155 Å². The first kappa shape index (κ1) is 18.9. The van der Waals surface area contributed by atoms with Gasteiger partial charge in [-0.25, -0.2) is 17.9 Å². The SMILES string of the molecule is COc1cc(OC)nc(NC(=O)NS(=O)(=O)c2ccccc2CC2CO2)n1. The molecule has 1 unspecified atom stereocenters. The summed E-state index contributed by atoms with van der Waals surface area (Å²) in [5.41, 5.74) is 0.569. The molecule has 1 aromatic carbocycles. The number of epoxide rings is 1. The van der Waals surface area contributed by atoms with Crippen molar-refractivity contribution < 1.29 is 27.4 Å². The molecule has 144 valence electrons. The fourth-order valence-electron chi connectivity index (χ4n) is 2.34. The molecule has 1 atom stereocenters. The van der Waals surface area contributed by atoms with Crippen LogP contribution >= 0.6 is 0 Å². The van der Waals surface area contributed by atoms with Gasteiger partial charge in [0.1, 0.15) is 0 Å². The van der Waals surface area contributed by atoms with Crippen molar-refractivity contribution in [1.82, 2.24) is 14.7 Å². The van der Waals surface area contributed by atoms with Crippen molar-refractivity contribution in [2.45, 2.75) is 17.4 Å². The van der Waals surface area contributed by atoms with E-state index >= 15 is 0 Å². The van der Waals surface area contributed by atoms with E-state index in [0.717, 1.165) is 0 Å². The highest BCUT2D eigenvalue weighted by molar-refractivity contribution is 7.90. The number of anilines is 1. The summed E-state index contributed by atoms with van der Waals surface area (Å²) in [4.78, 5) is 20.0. The topological polar surface area (TPSA) is 132 Å². The monoisotopic (exact) mass is 394 g/mol. The van der Waals surface area contributed by atoms with Crippen LogP contribution in [0.2, 0.25) is 0 Å². The van der Waals surface area contributed by atoms with Gasteiger partial charge in [-0.3, -0.25) is 5.32 Å². The molecule has 27 heavy (non-hydrogen) atoms. The maximum absolute atomic E-state index is 12.6. The molecule has 1 fully saturated rings. The van der Waals surface area contributed by atoms with Gasteiger partial charge in [0.25, 0.3) is 10.0 Å². The Bertz CT molecular complexity index is 923. The number of rotatable bonds is 7. The normalized spacial score (nSPS) is 15.7. The van der Waals surface area contributed by atoms with Crippen LogP contribution in [0.3, 0.4) is 0 Å². The number of ether oxygens (including phenoxy) is 3. The number of urea groups is 1. The summed E-state index contributed by atoms with van der Waals surface area (Å²) in [6.45, 7) is 0.595. The van der Waals surface area contributed by atoms with Crippen LogP contribution in [0.5, 0.6) is 11.8 Å². The van der Waals surface area contributed by atoms with E-state index in [1.165, 1.54) is 26.4 Å². The third kappa shape index (κ3) is 4.83. The lowest BCUT2D eigenvalue weighted by Crippen LogP contribution is -2.35. The van der Waals surface area contributed by atoms with E-state index in [9.17, 15) is 13.2 Å². The molecule has 2 amide bonds. The number of hydrogen-bond donors (Lipinski definition) is 2. The van der Waals surface area contributed by atoms with Gasteiger partial charge in [-0.2, -0.15) is 9.97 Å². The molecule has 2 aromatic rings. The predicted molar refractivity (Wildman–Crippen MR) is 94.4 cm³/mol. The van der Waals surface area contributed by atoms with Gasteiger partial charge in [-0.05, 0) is 11.6 Å². The van der Waals surface area contributed by atoms with Crippen LogP contribution < -0.4 is 19.5 Å². The minimum absolute atomic E-state index is 0.00725. The molecule has 3 rings (SSSR count). The van der Waals surface area contributed by atoms with Crippen LogP contribution in [-0.4, -0.2) is 51.3 Å². The number of carbonyl (C=O) groups excluding carboxylic acids is 1. The zero-order valence-electron chi connectivity index (χ0n) is 14.6. The summed E-state index contributed by atoms with van der Waals surface area (Å²) in [5.74, 6) is 0.128. The van der Waals surface area contributed by atoms with Gasteiger partial charge in [-0.15, -0.1) is 0 Å². The Morgan fingerprint density at radius 2 is 1.85 bits per heavy atom. The highest BCUT2D eigenvalue weighted by Crippen LogP contribution is 2.22. The number of nitrogens with one attached hydrogen (secondary N) is 2. The van der Waals surface area contributed by atoms with Crippen molar-refractivity contribution in [2.75, 3.05) is 26.1 Å². The van der Waals surface area contributed by atoms with Crippen LogP contribution in [0, 0.1) is 0 Å². The van der Waals surface area contributed by atoms with Crippen molar-refractivity contribution in [1.29, 1.82) is 0 Å². The highest BCUT2D eigenvalue weighted by atomic mass is 32.2. The van der Waals surface area contributed by atoms with E-state index in [2.05, 4.69) is 15.3 Å². The first-order chi connectivity index (χ1) is 12.9. The molecule has 1 aliphatic rings. The third-order valence-corrected chi connectivity index (χ3v) is 5.09. The smallest absolute Gasteiger partial charge is 0.335 e.